The maximum Gasteiger partial charge on any atom is 0.193 e. The van der Waals surface area contributed by atoms with Gasteiger partial charge in [0.05, 0.1) is 0 Å². The fourth-order valence-electron chi connectivity index (χ4n) is 0.781. The van der Waals surface area contributed by atoms with Gasteiger partial charge in [-0.15, -0.1) is 6.58 Å². The average Bonchev–Trinajstić information content (AvgIpc) is 2.36. The van der Waals surface area contributed by atoms with Crippen LogP contribution in [0.15, 0.2) is 29.2 Å². The molecule has 60 valence electrons. The maximum atomic E-state index is 9.31. The fraction of sp³-hybridized carbons (Fsp3) is 0.250. The fourth-order valence-corrected chi connectivity index (χ4v) is 0.933. The summed E-state index contributed by atoms with van der Waals surface area (Å²) in [6.07, 6.45) is 1.48. The second-order valence-corrected chi connectivity index (χ2v) is 2.55. The molecule has 2 nitrogen and oxygen atoms in total. The van der Waals surface area contributed by atoms with Crippen LogP contribution in [0.25, 0.3) is 0 Å². The normalized spacial score (nSPS) is 12.9. The van der Waals surface area contributed by atoms with E-state index < -0.39 is 6.10 Å². The van der Waals surface area contributed by atoms with Crippen LogP contribution in [0.3, 0.4) is 0 Å². The largest absolute Gasteiger partial charge is 0.447 e. The average molecular weight is 173 g/mol. The molecule has 0 amide bonds. The molecule has 1 heterocycles. The third-order valence-corrected chi connectivity index (χ3v) is 1.52. The van der Waals surface area contributed by atoms with Gasteiger partial charge in [0.1, 0.15) is 11.9 Å². The van der Waals surface area contributed by atoms with Gasteiger partial charge in [0.25, 0.3) is 0 Å². The van der Waals surface area contributed by atoms with E-state index in [2.05, 4.69) is 6.58 Å². The molecule has 0 saturated heterocycles. The summed E-state index contributed by atoms with van der Waals surface area (Å²) in [7, 11) is 0. The molecule has 0 aliphatic carbocycles. The van der Waals surface area contributed by atoms with Crippen LogP contribution in [0, 0.1) is 0 Å². The van der Waals surface area contributed by atoms with E-state index >= 15 is 0 Å². The van der Waals surface area contributed by atoms with Gasteiger partial charge >= 0.3 is 0 Å². The molecule has 1 rings (SSSR count). The molecule has 3 heteroatoms. The summed E-state index contributed by atoms with van der Waals surface area (Å²) < 4.78 is 4.97. The van der Waals surface area contributed by atoms with Crippen LogP contribution >= 0.6 is 11.6 Å². The number of halogens is 1. The van der Waals surface area contributed by atoms with Gasteiger partial charge in [-0.3, -0.25) is 0 Å². The number of furan rings is 1. The van der Waals surface area contributed by atoms with Gasteiger partial charge in [0.15, 0.2) is 5.22 Å². The third kappa shape index (κ3) is 2.10. The molecule has 0 spiro atoms. The standard InChI is InChI=1S/C8H9ClO2/c1-2-3-6(10)7-4-5-8(9)11-7/h2,4-6,10H,1,3H2. The molecule has 1 atom stereocenters. The number of aliphatic hydroxyl groups excluding tert-OH is 1. The third-order valence-electron chi connectivity index (χ3n) is 1.31. The number of hydrogen-bond donors (Lipinski definition) is 1. The van der Waals surface area contributed by atoms with Crippen LogP contribution in [-0.2, 0) is 0 Å². The second-order valence-electron chi connectivity index (χ2n) is 2.18. The van der Waals surface area contributed by atoms with Crippen LogP contribution in [0.5, 0.6) is 0 Å². The zero-order valence-electron chi connectivity index (χ0n) is 5.96. The van der Waals surface area contributed by atoms with Crippen molar-refractivity contribution >= 4 is 11.6 Å². The highest BCUT2D eigenvalue weighted by Crippen LogP contribution is 2.21. The summed E-state index contributed by atoms with van der Waals surface area (Å²) >= 11 is 5.50. The van der Waals surface area contributed by atoms with Gasteiger partial charge in [0, 0.05) is 0 Å². The molecule has 0 radical (unpaired) electrons. The van der Waals surface area contributed by atoms with Gasteiger partial charge in [-0.2, -0.15) is 0 Å². The smallest absolute Gasteiger partial charge is 0.193 e. The van der Waals surface area contributed by atoms with E-state index in [9.17, 15) is 5.11 Å². The van der Waals surface area contributed by atoms with E-state index in [1.807, 2.05) is 0 Å². The summed E-state index contributed by atoms with van der Waals surface area (Å²) in [5.74, 6) is 0.481. The molecule has 11 heavy (non-hydrogen) atoms. The lowest BCUT2D eigenvalue weighted by molar-refractivity contribution is 0.153. The highest BCUT2D eigenvalue weighted by atomic mass is 35.5. The Balaban J connectivity index is 2.67. The first-order valence-electron chi connectivity index (χ1n) is 3.28. The van der Waals surface area contributed by atoms with Crippen molar-refractivity contribution in [3.05, 3.63) is 35.8 Å². The van der Waals surface area contributed by atoms with Crippen LogP contribution < -0.4 is 0 Å². The summed E-state index contributed by atoms with van der Waals surface area (Å²) in [5.41, 5.74) is 0. The lowest BCUT2D eigenvalue weighted by atomic mass is 10.2. The van der Waals surface area contributed by atoms with Crippen LogP contribution in [0.1, 0.15) is 18.3 Å². The second kappa shape index (κ2) is 3.60. The highest BCUT2D eigenvalue weighted by Gasteiger charge is 2.08. The summed E-state index contributed by atoms with van der Waals surface area (Å²) in [5, 5.41) is 9.60. The Morgan fingerprint density at radius 1 is 1.73 bits per heavy atom. The van der Waals surface area contributed by atoms with Gasteiger partial charge < -0.3 is 9.52 Å². The molecular formula is C8H9ClO2. The molecule has 0 aromatic carbocycles. The minimum absolute atomic E-state index is 0.295. The molecule has 1 aromatic rings. The Bertz CT molecular complexity index is 242. The molecule has 0 bridgehead atoms. The Labute approximate surface area is 70.1 Å². The molecule has 1 aromatic heterocycles. The molecule has 0 fully saturated rings. The Hall–Kier alpha value is -0.730. The molecular weight excluding hydrogens is 164 g/mol. The first-order valence-corrected chi connectivity index (χ1v) is 3.66. The van der Waals surface area contributed by atoms with Gasteiger partial charge in [-0.05, 0) is 30.2 Å². The van der Waals surface area contributed by atoms with E-state index in [0.29, 0.717) is 17.4 Å². The monoisotopic (exact) mass is 172 g/mol. The van der Waals surface area contributed by atoms with Crippen molar-refractivity contribution in [3.63, 3.8) is 0 Å². The molecule has 0 aliphatic heterocycles. The van der Waals surface area contributed by atoms with Crippen molar-refractivity contribution in [1.29, 1.82) is 0 Å². The van der Waals surface area contributed by atoms with Crippen molar-refractivity contribution in [1.82, 2.24) is 0 Å². The van der Waals surface area contributed by atoms with Crippen LogP contribution in [-0.4, -0.2) is 5.11 Å². The summed E-state index contributed by atoms with van der Waals surface area (Å²) in [6.45, 7) is 3.50. The predicted octanol–water partition coefficient (Wildman–Crippen LogP) is 2.54. The van der Waals surface area contributed by atoms with E-state index in [1.165, 1.54) is 0 Å². The molecule has 0 saturated carbocycles. The van der Waals surface area contributed by atoms with E-state index in [1.54, 1.807) is 18.2 Å². The Kier molecular flexibility index (Phi) is 2.74. The zero-order valence-corrected chi connectivity index (χ0v) is 6.71. The first kappa shape index (κ1) is 8.37. The van der Waals surface area contributed by atoms with Crippen molar-refractivity contribution < 1.29 is 9.52 Å². The number of rotatable bonds is 3. The summed E-state index contributed by atoms with van der Waals surface area (Å²) in [6, 6.07) is 3.25. The van der Waals surface area contributed by atoms with Crippen molar-refractivity contribution in [2.75, 3.05) is 0 Å². The van der Waals surface area contributed by atoms with Gasteiger partial charge in [-0.1, -0.05) is 6.08 Å². The minimum Gasteiger partial charge on any atom is -0.447 e. The van der Waals surface area contributed by atoms with Crippen molar-refractivity contribution in [2.24, 2.45) is 0 Å². The topological polar surface area (TPSA) is 33.4 Å². The Morgan fingerprint density at radius 3 is 2.91 bits per heavy atom. The quantitative estimate of drug-likeness (QED) is 0.711. The minimum atomic E-state index is -0.625. The van der Waals surface area contributed by atoms with Crippen LogP contribution in [0.2, 0.25) is 5.22 Å². The zero-order chi connectivity index (χ0) is 8.27. The molecule has 1 unspecified atom stereocenters. The van der Waals surface area contributed by atoms with E-state index in [4.69, 9.17) is 16.0 Å². The van der Waals surface area contributed by atoms with Crippen molar-refractivity contribution in [3.8, 4) is 0 Å². The maximum absolute atomic E-state index is 9.31. The molecule has 0 aliphatic rings. The SMILES string of the molecule is C=CCC(O)c1ccc(Cl)o1. The lowest BCUT2D eigenvalue weighted by Crippen LogP contribution is -1.91. The Morgan fingerprint density at radius 2 is 2.45 bits per heavy atom. The van der Waals surface area contributed by atoms with E-state index in [-0.39, 0.29) is 0 Å². The lowest BCUT2D eigenvalue weighted by Gasteiger charge is -2.01. The molecule has 1 N–H and O–H groups in total. The van der Waals surface area contributed by atoms with Gasteiger partial charge in [-0.25, -0.2) is 0 Å². The van der Waals surface area contributed by atoms with Gasteiger partial charge in [0.2, 0.25) is 0 Å². The summed E-state index contributed by atoms with van der Waals surface area (Å²) in [4.78, 5) is 0. The van der Waals surface area contributed by atoms with Crippen molar-refractivity contribution in [2.45, 2.75) is 12.5 Å². The predicted molar refractivity (Wildman–Crippen MR) is 43.5 cm³/mol. The highest BCUT2D eigenvalue weighted by molar-refractivity contribution is 6.28. The van der Waals surface area contributed by atoms with Crippen LogP contribution in [0.4, 0.5) is 0 Å². The van der Waals surface area contributed by atoms with E-state index in [0.717, 1.165) is 0 Å². The number of aliphatic hydroxyl groups is 1. The number of hydrogen-bond acceptors (Lipinski definition) is 2. The first-order chi connectivity index (χ1) is 5.24.